The van der Waals surface area contributed by atoms with Crippen molar-refractivity contribution in [3.63, 3.8) is 0 Å². The summed E-state index contributed by atoms with van der Waals surface area (Å²) in [5.74, 6) is -0.930. The largest absolute Gasteiger partial charge is 0.404 e. The van der Waals surface area contributed by atoms with Gasteiger partial charge in [0.2, 0.25) is 5.91 Å². The summed E-state index contributed by atoms with van der Waals surface area (Å²) in [4.78, 5) is 29.0. The number of carbonyl (C=O) groups excluding carboxylic acids is 2. The number of halogens is 3. The lowest BCUT2D eigenvalue weighted by Crippen LogP contribution is -2.57. The van der Waals surface area contributed by atoms with E-state index >= 15 is 0 Å². The highest BCUT2D eigenvalue weighted by atomic mass is 19.4. The molecule has 2 heterocycles. The first kappa shape index (κ1) is 24.8. The number of amides is 3. The fourth-order valence-corrected chi connectivity index (χ4v) is 5.47. The Morgan fingerprint density at radius 3 is 2.21 bits per heavy atom. The maximum Gasteiger partial charge on any atom is 0.404 e. The molecular weight excluding hydrogens is 445 g/mol. The van der Waals surface area contributed by atoms with Crippen LogP contribution in [0.4, 0.5) is 18.0 Å². The molecule has 2 aliphatic heterocycles. The number of piperidine rings is 1. The summed E-state index contributed by atoms with van der Waals surface area (Å²) in [6, 6.07) is 9.10. The third kappa shape index (κ3) is 5.67. The van der Waals surface area contributed by atoms with E-state index < -0.39 is 17.5 Å². The molecule has 1 saturated carbocycles. The molecule has 2 N–H and O–H groups in total. The molecule has 3 fully saturated rings. The molecule has 1 atom stereocenters. The number of nitrogens with one attached hydrogen (secondary N) is 2. The van der Waals surface area contributed by atoms with Crippen LogP contribution >= 0.6 is 0 Å². The molecule has 2 saturated heterocycles. The molecule has 0 spiro atoms. The molecular formula is C25H35F3N4O2. The highest BCUT2D eigenvalue weighted by molar-refractivity contribution is 5.84. The highest BCUT2D eigenvalue weighted by Gasteiger charge is 2.63. The maximum atomic E-state index is 14.2. The quantitative estimate of drug-likeness (QED) is 0.668. The van der Waals surface area contributed by atoms with Gasteiger partial charge in [-0.15, -0.1) is 0 Å². The second-order valence-corrected chi connectivity index (χ2v) is 10.0. The third-order valence-corrected chi connectivity index (χ3v) is 7.62. The van der Waals surface area contributed by atoms with E-state index in [0.29, 0.717) is 32.5 Å². The molecule has 3 amide bonds. The number of hydrogen-bond donors (Lipinski definition) is 2. The first-order chi connectivity index (χ1) is 16.3. The first-order valence-corrected chi connectivity index (χ1v) is 12.5. The van der Waals surface area contributed by atoms with Crippen LogP contribution in [0.1, 0.15) is 56.9 Å². The first-order valence-electron chi connectivity index (χ1n) is 12.5. The second kappa shape index (κ2) is 10.5. The Morgan fingerprint density at radius 2 is 1.56 bits per heavy atom. The summed E-state index contributed by atoms with van der Waals surface area (Å²) in [7, 11) is 0. The zero-order valence-corrected chi connectivity index (χ0v) is 19.6. The zero-order valence-electron chi connectivity index (χ0n) is 19.6. The van der Waals surface area contributed by atoms with Crippen molar-refractivity contribution < 1.29 is 22.8 Å². The van der Waals surface area contributed by atoms with Gasteiger partial charge in [-0.2, -0.15) is 13.2 Å². The van der Waals surface area contributed by atoms with Crippen LogP contribution in [0.5, 0.6) is 0 Å². The molecule has 9 heteroatoms. The third-order valence-electron chi connectivity index (χ3n) is 7.62. The average Bonchev–Trinajstić information content (AvgIpc) is 3.26. The minimum atomic E-state index is -4.62. The molecule has 0 bridgehead atoms. The number of rotatable bonds is 5. The highest BCUT2D eigenvalue weighted by Crippen LogP contribution is 2.46. The second-order valence-electron chi connectivity index (χ2n) is 10.0. The Labute approximate surface area is 199 Å². The normalized spacial score (nSPS) is 25.3. The number of likely N-dealkylation sites (tertiary alicyclic amines) is 2. The zero-order chi connectivity index (χ0) is 24.2. The van der Waals surface area contributed by atoms with Crippen LogP contribution in [0.25, 0.3) is 0 Å². The van der Waals surface area contributed by atoms with Crippen LogP contribution in [0.3, 0.4) is 0 Å². The minimum Gasteiger partial charge on any atom is -0.352 e. The molecule has 3 aliphatic rings. The predicted molar refractivity (Wildman–Crippen MR) is 123 cm³/mol. The molecule has 0 aromatic heterocycles. The SMILES string of the molecule is O=C(NC1CCCCC1)N1CCC(NC(=O)C2(C(F)(F)F)CCN(Cc3ccccc3)C2)CC1. The van der Waals surface area contributed by atoms with Crippen LogP contribution < -0.4 is 10.6 Å². The van der Waals surface area contributed by atoms with Crippen LogP contribution in [0.15, 0.2) is 30.3 Å². The van der Waals surface area contributed by atoms with Gasteiger partial charge >= 0.3 is 12.2 Å². The Bertz CT molecular complexity index is 836. The van der Waals surface area contributed by atoms with Crippen molar-refractivity contribution in [2.45, 2.75) is 76.2 Å². The van der Waals surface area contributed by atoms with E-state index in [1.165, 1.54) is 6.42 Å². The number of nitrogens with zero attached hydrogens (tertiary/aromatic N) is 2. The fraction of sp³-hybridized carbons (Fsp3) is 0.680. The summed E-state index contributed by atoms with van der Waals surface area (Å²) in [5.41, 5.74) is -1.46. The predicted octanol–water partition coefficient (Wildman–Crippen LogP) is 4.06. The average molecular weight is 481 g/mol. The number of urea groups is 1. The van der Waals surface area contributed by atoms with Gasteiger partial charge in [0.1, 0.15) is 0 Å². The van der Waals surface area contributed by atoms with E-state index in [4.69, 9.17) is 0 Å². The number of benzene rings is 1. The van der Waals surface area contributed by atoms with Crippen LogP contribution in [-0.4, -0.2) is 66.2 Å². The summed E-state index contributed by atoms with van der Waals surface area (Å²) >= 11 is 0. The van der Waals surface area contributed by atoms with E-state index in [0.717, 1.165) is 31.2 Å². The lowest BCUT2D eigenvalue weighted by atomic mass is 9.84. The van der Waals surface area contributed by atoms with E-state index in [1.807, 2.05) is 30.3 Å². The van der Waals surface area contributed by atoms with Gasteiger partial charge in [-0.3, -0.25) is 9.69 Å². The number of alkyl halides is 3. The van der Waals surface area contributed by atoms with E-state index in [1.54, 1.807) is 9.80 Å². The van der Waals surface area contributed by atoms with Gasteiger partial charge in [0.05, 0.1) is 0 Å². The smallest absolute Gasteiger partial charge is 0.352 e. The Hall–Kier alpha value is -2.29. The molecule has 1 aliphatic carbocycles. The number of carbonyl (C=O) groups is 2. The monoisotopic (exact) mass is 480 g/mol. The van der Waals surface area contributed by atoms with Gasteiger partial charge in [-0.05, 0) is 44.2 Å². The maximum absolute atomic E-state index is 14.2. The lowest BCUT2D eigenvalue weighted by molar-refractivity contribution is -0.218. The van der Waals surface area contributed by atoms with Crippen LogP contribution in [0.2, 0.25) is 0 Å². The Kier molecular flexibility index (Phi) is 7.70. The van der Waals surface area contributed by atoms with Crippen molar-refractivity contribution in [2.24, 2.45) is 5.41 Å². The molecule has 34 heavy (non-hydrogen) atoms. The van der Waals surface area contributed by atoms with Crippen molar-refractivity contribution in [1.82, 2.24) is 20.4 Å². The van der Waals surface area contributed by atoms with Gasteiger partial charge < -0.3 is 15.5 Å². The van der Waals surface area contributed by atoms with Gasteiger partial charge in [0, 0.05) is 38.3 Å². The Balaban J connectivity index is 1.30. The van der Waals surface area contributed by atoms with Crippen molar-refractivity contribution in [2.75, 3.05) is 26.2 Å². The molecule has 4 rings (SSSR count). The van der Waals surface area contributed by atoms with Gasteiger partial charge in [0.25, 0.3) is 0 Å². The summed E-state index contributed by atoms with van der Waals surface area (Å²) in [6.45, 7) is 1.15. The summed E-state index contributed by atoms with van der Waals surface area (Å²) in [6.07, 6.45) is 1.53. The number of hydrogen-bond acceptors (Lipinski definition) is 3. The van der Waals surface area contributed by atoms with Gasteiger partial charge in [-0.25, -0.2) is 4.79 Å². The van der Waals surface area contributed by atoms with Crippen LogP contribution in [-0.2, 0) is 11.3 Å². The van der Waals surface area contributed by atoms with Crippen molar-refractivity contribution >= 4 is 11.9 Å². The van der Waals surface area contributed by atoms with Gasteiger partial charge in [-0.1, -0.05) is 49.6 Å². The van der Waals surface area contributed by atoms with Crippen LogP contribution in [0, 0.1) is 5.41 Å². The van der Waals surface area contributed by atoms with Crippen molar-refractivity contribution in [3.05, 3.63) is 35.9 Å². The molecule has 0 radical (unpaired) electrons. The summed E-state index contributed by atoms with van der Waals surface area (Å²) < 4.78 is 42.5. The molecule has 6 nitrogen and oxygen atoms in total. The topological polar surface area (TPSA) is 64.7 Å². The van der Waals surface area contributed by atoms with E-state index in [-0.39, 0.29) is 37.6 Å². The van der Waals surface area contributed by atoms with Crippen molar-refractivity contribution in [3.8, 4) is 0 Å². The van der Waals surface area contributed by atoms with Crippen molar-refractivity contribution in [1.29, 1.82) is 0 Å². The standard InChI is InChI=1S/C25H35F3N4O2/c26-25(27,28)24(13-16-31(18-24)17-19-7-3-1-4-8-19)22(33)29-21-11-14-32(15-12-21)23(34)30-20-9-5-2-6-10-20/h1,3-4,7-8,20-21H,2,5-6,9-18H2,(H,29,33)(H,30,34). The molecule has 1 aromatic carbocycles. The Morgan fingerprint density at radius 1 is 0.912 bits per heavy atom. The fourth-order valence-electron chi connectivity index (χ4n) is 5.47. The minimum absolute atomic E-state index is 0.101. The van der Waals surface area contributed by atoms with Gasteiger partial charge in [0.15, 0.2) is 5.41 Å². The lowest BCUT2D eigenvalue weighted by Gasteiger charge is -2.36. The molecule has 1 aromatic rings. The molecule has 1 unspecified atom stereocenters. The van der Waals surface area contributed by atoms with E-state index in [9.17, 15) is 22.8 Å². The molecule has 188 valence electrons. The van der Waals surface area contributed by atoms with E-state index in [2.05, 4.69) is 10.6 Å². The summed E-state index contributed by atoms with van der Waals surface area (Å²) in [5, 5.41) is 5.77.